The van der Waals surface area contributed by atoms with Crippen LogP contribution in [0.25, 0.3) is 0 Å². The second-order valence-corrected chi connectivity index (χ2v) is 4.29. The van der Waals surface area contributed by atoms with Gasteiger partial charge < -0.3 is 16.8 Å². The van der Waals surface area contributed by atoms with Crippen LogP contribution >= 0.6 is 0 Å². The van der Waals surface area contributed by atoms with E-state index in [0.29, 0.717) is 11.4 Å². The van der Waals surface area contributed by atoms with E-state index in [-0.39, 0.29) is 0 Å². The lowest BCUT2D eigenvalue weighted by atomic mass is 10.1. The number of benzene rings is 2. The highest BCUT2D eigenvalue weighted by Crippen LogP contribution is 2.25. The van der Waals surface area contributed by atoms with Gasteiger partial charge in [-0.25, -0.2) is 0 Å². The Morgan fingerprint density at radius 2 is 1.65 bits per heavy atom. The van der Waals surface area contributed by atoms with Gasteiger partial charge in [-0.2, -0.15) is 0 Å². The maximum Gasteiger partial charge on any atom is 0.0568 e. The monoisotopic (exact) mass is 227 g/mol. The fourth-order valence-corrected chi connectivity index (χ4v) is 1.76. The summed E-state index contributed by atoms with van der Waals surface area (Å²) in [4.78, 5) is 0. The number of rotatable bonds is 2. The van der Waals surface area contributed by atoms with E-state index < -0.39 is 0 Å². The normalized spacial score (nSPS) is 10.2. The molecule has 0 heterocycles. The van der Waals surface area contributed by atoms with E-state index in [1.807, 2.05) is 12.1 Å². The molecule has 0 bridgehead atoms. The number of hydrogen-bond acceptors (Lipinski definition) is 3. The standard InChI is InChI=1S/C14H17N3/c1-9-3-6-14(10(2)7-9)17-11-4-5-12(15)13(16)8-11/h3-8,17H,15-16H2,1-2H3. The topological polar surface area (TPSA) is 64.1 Å². The van der Waals surface area contributed by atoms with Crippen LogP contribution in [0.15, 0.2) is 36.4 Å². The Balaban J connectivity index is 2.28. The fourth-order valence-electron chi connectivity index (χ4n) is 1.76. The Morgan fingerprint density at radius 3 is 2.29 bits per heavy atom. The van der Waals surface area contributed by atoms with Crippen LogP contribution in [-0.2, 0) is 0 Å². The smallest absolute Gasteiger partial charge is 0.0568 e. The van der Waals surface area contributed by atoms with Gasteiger partial charge in [0.15, 0.2) is 0 Å². The van der Waals surface area contributed by atoms with Gasteiger partial charge in [0.2, 0.25) is 0 Å². The molecular weight excluding hydrogens is 210 g/mol. The van der Waals surface area contributed by atoms with Crippen LogP contribution in [0.5, 0.6) is 0 Å². The largest absolute Gasteiger partial charge is 0.397 e. The van der Waals surface area contributed by atoms with Gasteiger partial charge in [0, 0.05) is 11.4 Å². The average Bonchev–Trinajstić information content (AvgIpc) is 2.27. The van der Waals surface area contributed by atoms with E-state index in [1.54, 1.807) is 6.07 Å². The highest BCUT2D eigenvalue weighted by atomic mass is 14.9. The zero-order valence-electron chi connectivity index (χ0n) is 10.1. The second-order valence-electron chi connectivity index (χ2n) is 4.29. The third-order valence-electron chi connectivity index (χ3n) is 2.75. The average molecular weight is 227 g/mol. The molecule has 5 N–H and O–H groups in total. The van der Waals surface area contributed by atoms with E-state index in [1.165, 1.54) is 11.1 Å². The van der Waals surface area contributed by atoms with Gasteiger partial charge in [0.1, 0.15) is 0 Å². The molecule has 17 heavy (non-hydrogen) atoms. The first-order chi connectivity index (χ1) is 8.06. The lowest BCUT2D eigenvalue weighted by Crippen LogP contribution is -1.98. The van der Waals surface area contributed by atoms with Crippen molar-refractivity contribution in [2.75, 3.05) is 16.8 Å². The van der Waals surface area contributed by atoms with E-state index in [2.05, 4.69) is 37.4 Å². The Kier molecular flexibility index (Phi) is 2.91. The van der Waals surface area contributed by atoms with Crippen molar-refractivity contribution in [2.24, 2.45) is 0 Å². The lowest BCUT2D eigenvalue weighted by molar-refractivity contribution is 1.37. The molecule has 0 aliphatic rings. The molecule has 2 aromatic carbocycles. The van der Waals surface area contributed by atoms with Crippen molar-refractivity contribution in [2.45, 2.75) is 13.8 Å². The first-order valence-electron chi connectivity index (χ1n) is 5.55. The molecule has 0 saturated carbocycles. The third-order valence-corrected chi connectivity index (χ3v) is 2.75. The highest BCUT2D eigenvalue weighted by Gasteiger charge is 2.01. The third kappa shape index (κ3) is 2.50. The first-order valence-corrected chi connectivity index (χ1v) is 5.55. The van der Waals surface area contributed by atoms with Gasteiger partial charge in [0.05, 0.1) is 11.4 Å². The van der Waals surface area contributed by atoms with Gasteiger partial charge >= 0.3 is 0 Å². The van der Waals surface area contributed by atoms with Crippen molar-refractivity contribution >= 4 is 22.7 Å². The molecule has 0 aromatic heterocycles. The fraction of sp³-hybridized carbons (Fsp3) is 0.143. The van der Waals surface area contributed by atoms with Gasteiger partial charge in [-0.3, -0.25) is 0 Å². The van der Waals surface area contributed by atoms with E-state index >= 15 is 0 Å². The molecule has 88 valence electrons. The van der Waals surface area contributed by atoms with Crippen molar-refractivity contribution in [3.63, 3.8) is 0 Å². The number of nitrogens with two attached hydrogens (primary N) is 2. The summed E-state index contributed by atoms with van der Waals surface area (Å²) in [6.45, 7) is 4.16. The van der Waals surface area contributed by atoms with E-state index in [4.69, 9.17) is 11.5 Å². The summed E-state index contributed by atoms with van der Waals surface area (Å²) in [6.07, 6.45) is 0. The molecule has 0 unspecified atom stereocenters. The first kappa shape index (κ1) is 11.3. The Bertz CT molecular complexity index is 547. The number of aryl methyl sites for hydroxylation is 2. The molecule has 0 aliphatic carbocycles. The van der Waals surface area contributed by atoms with Crippen molar-refractivity contribution in [1.82, 2.24) is 0 Å². The van der Waals surface area contributed by atoms with Crippen LogP contribution in [0, 0.1) is 13.8 Å². The molecule has 0 fully saturated rings. The quantitative estimate of drug-likeness (QED) is 0.690. The van der Waals surface area contributed by atoms with Crippen LogP contribution in [0.2, 0.25) is 0 Å². The molecule has 3 nitrogen and oxygen atoms in total. The number of anilines is 4. The summed E-state index contributed by atoms with van der Waals surface area (Å²) in [5.41, 5.74) is 17.1. The van der Waals surface area contributed by atoms with Crippen molar-refractivity contribution < 1.29 is 0 Å². The number of nitrogen functional groups attached to an aromatic ring is 2. The minimum absolute atomic E-state index is 0.597. The zero-order chi connectivity index (χ0) is 12.4. The molecule has 0 amide bonds. The summed E-state index contributed by atoms with van der Waals surface area (Å²) >= 11 is 0. The lowest BCUT2D eigenvalue weighted by Gasteiger charge is -2.11. The van der Waals surface area contributed by atoms with E-state index in [9.17, 15) is 0 Å². The second kappa shape index (κ2) is 4.37. The van der Waals surface area contributed by atoms with Crippen molar-refractivity contribution in [3.05, 3.63) is 47.5 Å². The van der Waals surface area contributed by atoms with Crippen LogP contribution in [0.3, 0.4) is 0 Å². The molecule has 0 saturated heterocycles. The van der Waals surface area contributed by atoms with Crippen molar-refractivity contribution in [1.29, 1.82) is 0 Å². The zero-order valence-corrected chi connectivity index (χ0v) is 10.1. The number of nitrogens with one attached hydrogen (secondary N) is 1. The van der Waals surface area contributed by atoms with Crippen molar-refractivity contribution in [3.8, 4) is 0 Å². The number of hydrogen-bond donors (Lipinski definition) is 3. The van der Waals surface area contributed by atoms with E-state index in [0.717, 1.165) is 11.4 Å². The SMILES string of the molecule is Cc1ccc(Nc2ccc(N)c(N)c2)c(C)c1. The van der Waals surface area contributed by atoms with Crippen LogP contribution in [-0.4, -0.2) is 0 Å². The van der Waals surface area contributed by atoms with Gasteiger partial charge in [-0.05, 0) is 43.7 Å². The molecule has 0 radical (unpaired) electrons. The maximum atomic E-state index is 5.77. The minimum atomic E-state index is 0.597. The van der Waals surface area contributed by atoms with Gasteiger partial charge in [-0.1, -0.05) is 17.7 Å². The molecule has 3 heteroatoms. The van der Waals surface area contributed by atoms with Crippen LogP contribution < -0.4 is 16.8 Å². The van der Waals surface area contributed by atoms with Crippen LogP contribution in [0.4, 0.5) is 22.7 Å². The Hall–Kier alpha value is -2.16. The van der Waals surface area contributed by atoms with Crippen LogP contribution in [0.1, 0.15) is 11.1 Å². The van der Waals surface area contributed by atoms with Gasteiger partial charge in [0.25, 0.3) is 0 Å². The van der Waals surface area contributed by atoms with Gasteiger partial charge in [-0.15, -0.1) is 0 Å². The summed E-state index contributed by atoms with van der Waals surface area (Å²) in [6, 6.07) is 11.9. The summed E-state index contributed by atoms with van der Waals surface area (Å²) in [7, 11) is 0. The molecule has 2 rings (SSSR count). The Labute approximate surface area is 101 Å². The molecule has 0 atom stereocenters. The highest BCUT2D eigenvalue weighted by molar-refractivity contribution is 5.73. The molecular formula is C14H17N3. The minimum Gasteiger partial charge on any atom is -0.397 e. The Morgan fingerprint density at radius 1 is 0.882 bits per heavy atom. The summed E-state index contributed by atoms with van der Waals surface area (Å²) < 4.78 is 0. The predicted octanol–water partition coefficient (Wildman–Crippen LogP) is 3.21. The molecule has 0 aliphatic heterocycles. The predicted molar refractivity (Wildman–Crippen MR) is 74.5 cm³/mol. The molecule has 0 spiro atoms. The molecule has 2 aromatic rings. The maximum absolute atomic E-state index is 5.77. The summed E-state index contributed by atoms with van der Waals surface area (Å²) in [5, 5.41) is 3.33. The summed E-state index contributed by atoms with van der Waals surface area (Å²) in [5.74, 6) is 0.